The van der Waals surface area contributed by atoms with Crippen LogP contribution in [0.5, 0.6) is 5.75 Å². The van der Waals surface area contributed by atoms with Crippen molar-refractivity contribution in [2.45, 2.75) is 13.3 Å². The molecule has 1 aromatic heterocycles. The molecule has 0 saturated heterocycles. The second-order valence-corrected chi connectivity index (χ2v) is 7.57. The third kappa shape index (κ3) is 2.96. The lowest BCUT2D eigenvalue weighted by molar-refractivity contribution is 0.273. The Kier molecular flexibility index (Phi) is 4.55. The standard InChI is InChI=1S/C26H23NO3/c1-3-13-30-26-20-14-19(20)22(17-7-5-4-6-8-17)23-24(26)27-15-21(25(23)28)16-9-11-18(29-2)12-10-16/h4-12,14-15,19,27H,3,13H2,1-2H3/t19-/m0/s1. The topological polar surface area (TPSA) is 51.3 Å². The van der Waals surface area contributed by atoms with E-state index < -0.39 is 0 Å². The summed E-state index contributed by atoms with van der Waals surface area (Å²) in [7, 11) is 1.63. The van der Waals surface area contributed by atoms with Crippen LogP contribution in [0.4, 0.5) is 0 Å². The van der Waals surface area contributed by atoms with Gasteiger partial charge in [-0.1, -0.05) is 55.5 Å². The van der Waals surface area contributed by atoms with Crippen LogP contribution in [0.25, 0.3) is 22.5 Å². The van der Waals surface area contributed by atoms with Crippen molar-refractivity contribution in [2.24, 2.45) is 5.92 Å². The summed E-state index contributed by atoms with van der Waals surface area (Å²) in [5, 5.41) is 1.49. The van der Waals surface area contributed by atoms with Gasteiger partial charge >= 0.3 is 0 Å². The normalized spacial score (nSPS) is 16.5. The van der Waals surface area contributed by atoms with Gasteiger partial charge < -0.3 is 14.5 Å². The van der Waals surface area contributed by atoms with Gasteiger partial charge in [-0.05, 0) is 35.3 Å². The molecule has 1 heterocycles. The van der Waals surface area contributed by atoms with Gasteiger partial charge in [-0.2, -0.15) is 0 Å². The predicted octanol–water partition coefficient (Wildman–Crippen LogP) is 3.35. The van der Waals surface area contributed by atoms with E-state index in [4.69, 9.17) is 9.47 Å². The average Bonchev–Trinajstić information content (AvgIpc) is 3.58. The van der Waals surface area contributed by atoms with Crippen LogP contribution in [-0.2, 0) is 4.74 Å². The molecule has 5 rings (SSSR count). The molecule has 0 radical (unpaired) electrons. The van der Waals surface area contributed by atoms with Crippen LogP contribution in [0.1, 0.15) is 18.9 Å². The molecule has 0 spiro atoms. The number of allylic oxidation sites excluding steroid dienone is 1. The summed E-state index contributed by atoms with van der Waals surface area (Å²) in [6.07, 6.45) is 4.90. The predicted molar refractivity (Wildman–Crippen MR) is 118 cm³/mol. The van der Waals surface area contributed by atoms with Gasteiger partial charge in [0.25, 0.3) is 0 Å². The number of rotatable bonds is 6. The van der Waals surface area contributed by atoms with E-state index in [2.05, 4.69) is 30.1 Å². The molecular formula is C26H23NO3. The summed E-state index contributed by atoms with van der Waals surface area (Å²) in [4.78, 5) is 17.2. The van der Waals surface area contributed by atoms with E-state index in [1.165, 1.54) is 5.57 Å². The zero-order chi connectivity index (χ0) is 20.7. The summed E-state index contributed by atoms with van der Waals surface area (Å²) in [5.41, 5.74) is 4.82. The van der Waals surface area contributed by atoms with Gasteiger partial charge in [-0.25, -0.2) is 0 Å². The highest BCUT2D eigenvalue weighted by Crippen LogP contribution is 2.45. The molecule has 1 atom stereocenters. The van der Waals surface area contributed by atoms with E-state index in [0.717, 1.165) is 40.0 Å². The van der Waals surface area contributed by atoms with Crippen molar-refractivity contribution in [1.29, 1.82) is 0 Å². The summed E-state index contributed by atoms with van der Waals surface area (Å²) in [5.74, 6) is 1.72. The molecule has 0 fully saturated rings. The molecule has 4 nitrogen and oxygen atoms in total. The highest BCUT2D eigenvalue weighted by atomic mass is 16.5. The fourth-order valence-electron chi connectivity index (χ4n) is 4.14. The van der Waals surface area contributed by atoms with Crippen LogP contribution in [-0.4, -0.2) is 18.7 Å². The lowest BCUT2D eigenvalue weighted by Gasteiger charge is -2.17. The van der Waals surface area contributed by atoms with Crippen LogP contribution in [0.2, 0.25) is 0 Å². The molecule has 2 aliphatic carbocycles. The molecule has 150 valence electrons. The maximum Gasteiger partial charge on any atom is 0.197 e. The summed E-state index contributed by atoms with van der Waals surface area (Å²) < 4.78 is 11.3. The molecule has 1 N–H and O–H groups in total. The van der Waals surface area contributed by atoms with Gasteiger partial charge in [-0.3, -0.25) is 4.79 Å². The lowest BCUT2D eigenvalue weighted by atomic mass is 9.91. The Hall–Kier alpha value is -3.53. The molecule has 4 heteroatoms. The Balaban J connectivity index is 1.81. The van der Waals surface area contributed by atoms with Gasteiger partial charge in [0.2, 0.25) is 0 Å². The number of hydrogen-bond acceptors (Lipinski definition) is 3. The molecule has 2 aromatic carbocycles. The smallest absolute Gasteiger partial charge is 0.197 e. The van der Waals surface area contributed by atoms with Crippen LogP contribution in [0.3, 0.4) is 0 Å². The molecule has 0 saturated carbocycles. The van der Waals surface area contributed by atoms with Crippen molar-refractivity contribution in [3.05, 3.63) is 98.8 Å². The number of pyridine rings is 1. The molecule has 2 aliphatic rings. The third-order valence-electron chi connectivity index (χ3n) is 5.66. The minimum atomic E-state index is 0.0183. The first-order chi connectivity index (χ1) is 14.7. The van der Waals surface area contributed by atoms with Gasteiger partial charge in [0.05, 0.1) is 24.3 Å². The van der Waals surface area contributed by atoms with E-state index in [-0.39, 0.29) is 11.3 Å². The number of fused-ring (bicyclic) bond motifs is 2. The zero-order valence-electron chi connectivity index (χ0n) is 17.1. The van der Waals surface area contributed by atoms with Crippen molar-refractivity contribution in [1.82, 2.24) is 4.98 Å². The number of nitrogens with one attached hydrogen (secondary N) is 1. The van der Waals surface area contributed by atoms with E-state index in [0.29, 0.717) is 17.4 Å². The maximum absolute atomic E-state index is 13.8. The Morgan fingerprint density at radius 2 is 1.77 bits per heavy atom. The first kappa shape index (κ1) is 18.5. The first-order valence-corrected chi connectivity index (χ1v) is 10.3. The Bertz CT molecular complexity index is 1320. The number of benzene rings is 2. The minimum Gasteiger partial charge on any atom is -0.497 e. The molecule has 3 aromatic rings. The monoisotopic (exact) mass is 397 g/mol. The van der Waals surface area contributed by atoms with E-state index in [9.17, 15) is 4.79 Å². The number of methoxy groups -OCH3 is 1. The van der Waals surface area contributed by atoms with Crippen molar-refractivity contribution in [3.63, 3.8) is 0 Å². The Morgan fingerprint density at radius 3 is 2.47 bits per heavy atom. The van der Waals surface area contributed by atoms with Gasteiger partial charge in [-0.15, -0.1) is 0 Å². The molecule has 0 unspecified atom stereocenters. The Labute approximate surface area is 174 Å². The quantitative estimate of drug-likeness (QED) is 0.694. The second kappa shape index (κ2) is 7.38. The number of aromatic amines is 1. The summed E-state index contributed by atoms with van der Waals surface area (Å²) in [6.45, 7) is 2.71. The number of hydrogen-bond donors (Lipinski definition) is 1. The number of ether oxygens (including phenoxy) is 2. The average molecular weight is 397 g/mol. The van der Waals surface area contributed by atoms with Crippen molar-refractivity contribution in [3.8, 4) is 16.9 Å². The van der Waals surface area contributed by atoms with Crippen molar-refractivity contribution in [2.75, 3.05) is 13.7 Å². The fourth-order valence-corrected chi connectivity index (χ4v) is 4.14. The fraction of sp³-hybridized carbons (Fsp3) is 0.192. The van der Waals surface area contributed by atoms with Crippen molar-refractivity contribution < 1.29 is 9.47 Å². The summed E-state index contributed by atoms with van der Waals surface area (Å²) in [6, 6.07) is 17.7. The number of H-pyrrole nitrogens is 1. The third-order valence-corrected chi connectivity index (χ3v) is 5.66. The van der Waals surface area contributed by atoms with Crippen molar-refractivity contribution >= 4 is 11.3 Å². The molecular weight excluding hydrogens is 374 g/mol. The highest BCUT2D eigenvalue weighted by molar-refractivity contribution is 5.87. The SMILES string of the molecule is CCCOC1=c2[nH]cc(-c3ccc(OC)cc3)c(=O)c2=C(c2ccccc2)[C@H]2C=C12. The second-order valence-electron chi connectivity index (χ2n) is 7.57. The van der Waals surface area contributed by atoms with Gasteiger partial charge in [0.1, 0.15) is 11.5 Å². The zero-order valence-corrected chi connectivity index (χ0v) is 17.1. The van der Waals surface area contributed by atoms with Gasteiger partial charge in [0.15, 0.2) is 5.43 Å². The van der Waals surface area contributed by atoms with Crippen LogP contribution in [0, 0.1) is 5.92 Å². The van der Waals surface area contributed by atoms with E-state index >= 15 is 0 Å². The largest absolute Gasteiger partial charge is 0.497 e. The summed E-state index contributed by atoms with van der Waals surface area (Å²) >= 11 is 0. The molecule has 30 heavy (non-hydrogen) atoms. The number of aromatic nitrogens is 1. The lowest BCUT2D eigenvalue weighted by Crippen LogP contribution is -2.47. The van der Waals surface area contributed by atoms with Gasteiger partial charge in [0, 0.05) is 23.3 Å². The van der Waals surface area contributed by atoms with Crippen LogP contribution < -0.4 is 20.7 Å². The molecule has 0 amide bonds. The first-order valence-electron chi connectivity index (χ1n) is 10.3. The van der Waals surface area contributed by atoms with E-state index in [1.54, 1.807) is 13.3 Å². The molecule has 0 bridgehead atoms. The molecule has 0 aliphatic heterocycles. The van der Waals surface area contributed by atoms with Crippen LogP contribution >= 0.6 is 0 Å². The Morgan fingerprint density at radius 1 is 1.00 bits per heavy atom. The van der Waals surface area contributed by atoms with Crippen LogP contribution in [0.15, 0.2) is 77.2 Å². The maximum atomic E-state index is 13.8. The minimum absolute atomic E-state index is 0.0183. The highest BCUT2D eigenvalue weighted by Gasteiger charge is 2.38. The van der Waals surface area contributed by atoms with E-state index in [1.807, 2.05) is 42.5 Å².